The Labute approximate surface area is 129 Å². The Balaban J connectivity index is 1.76. The summed E-state index contributed by atoms with van der Waals surface area (Å²) in [5.41, 5.74) is 0.384. The molecular formula is C15H22N4O3. The van der Waals surface area contributed by atoms with Crippen LogP contribution in [0, 0.1) is 16.0 Å². The number of urea groups is 1. The van der Waals surface area contributed by atoms with Crippen molar-refractivity contribution in [3.05, 3.63) is 34.4 Å². The number of nitrogens with zero attached hydrogens (tertiary/aromatic N) is 2. The van der Waals surface area contributed by atoms with Gasteiger partial charge >= 0.3 is 6.03 Å². The van der Waals surface area contributed by atoms with Crippen LogP contribution in [0.2, 0.25) is 0 Å². The SMILES string of the molecule is CCCN1CCC(CNC(=O)Nc2cccc([N+](=O)[O-])c2)C1. The Morgan fingerprint density at radius 1 is 1.50 bits per heavy atom. The number of amides is 2. The van der Waals surface area contributed by atoms with E-state index in [9.17, 15) is 14.9 Å². The minimum Gasteiger partial charge on any atom is -0.338 e. The van der Waals surface area contributed by atoms with Gasteiger partial charge < -0.3 is 15.5 Å². The van der Waals surface area contributed by atoms with E-state index in [2.05, 4.69) is 22.5 Å². The summed E-state index contributed by atoms with van der Waals surface area (Å²) >= 11 is 0. The Hall–Kier alpha value is -2.15. The van der Waals surface area contributed by atoms with Gasteiger partial charge in [-0.15, -0.1) is 0 Å². The van der Waals surface area contributed by atoms with Crippen molar-refractivity contribution >= 4 is 17.4 Å². The molecule has 1 aliphatic heterocycles. The van der Waals surface area contributed by atoms with Gasteiger partial charge in [-0.25, -0.2) is 4.79 Å². The zero-order valence-electron chi connectivity index (χ0n) is 12.7. The summed E-state index contributed by atoms with van der Waals surface area (Å²) in [5.74, 6) is 0.474. The van der Waals surface area contributed by atoms with Gasteiger partial charge in [0.1, 0.15) is 0 Å². The maximum Gasteiger partial charge on any atom is 0.319 e. The number of hydrogen-bond acceptors (Lipinski definition) is 4. The van der Waals surface area contributed by atoms with Crippen LogP contribution in [0.3, 0.4) is 0 Å². The zero-order valence-corrected chi connectivity index (χ0v) is 12.7. The van der Waals surface area contributed by atoms with Crippen LogP contribution in [-0.2, 0) is 0 Å². The summed E-state index contributed by atoms with van der Waals surface area (Å²) in [5, 5.41) is 16.2. The van der Waals surface area contributed by atoms with Gasteiger partial charge in [0, 0.05) is 30.9 Å². The second-order valence-corrected chi connectivity index (χ2v) is 5.60. The molecule has 120 valence electrons. The second kappa shape index (κ2) is 7.74. The first-order chi connectivity index (χ1) is 10.6. The summed E-state index contributed by atoms with van der Waals surface area (Å²) < 4.78 is 0. The predicted octanol–water partition coefficient (Wildman–Crippen LogP) is 2.45. The number of nitro groups is 1. The molecule has 0 bridgehead atoms. The van der Waals surface area contributed by atoms with E-state index in [0.29, 0.717) is 18.2 Å². The highest BCUT2D eigenvalue weighted by molar-refractivity contribution is 5.89. The molecule has 1 aromatic rings. The normalized spacial score (nSPS) is 18.1. The van der Waals surface area contributed by atoms with Crippen LogP contribution in [0.25, 0.3) is 0 Å². The van der Waals surface area contributed by atoms with Crippen LogP contribution in [-0.4, -0.2) is 42.0 Å². The fraction of sp³-hybridized carbons (Fsp3) is 0.533. The Morgan fingerprint density at radius 2 is 2.32 bits per heavy atom. The molecule has 1 heterocycles. The molecule has 0 spiro atoms. The number of hydrogen-bond donors (Lipinski definition) is 2. The van der Waals surface area contributed by atoms with Gasteiger partial charge in [-0.3, -0.25) is 10.1 Å². The van der Waals surface area contributed by atoms with E-state index in [4.69, 9.17) is 0 Å². The van der Waals surface area contributed by atoms with Crippen molar-refractivity contribution in [3.8, 4) is 0 Å². The van der Waals surface area contributed by atoms with Crippen LogP contribution >= 0.6 is 0 Å². The first-order valence-electron chi connectivity index (χ1n) is 7.60. The van der Waals surface area contributed by atoms with Gasteiger partial charge in [-0.2, -0.15) is 0 Å². The van der Waals surface area contributed by atoms with Gasteiger partial charge in [-0.05, 0) is 37.9 Å². The summed E-state index contributed by atoms with van der Waals surface area (Å²) in [6.45, 7) is 6.01. The topological polar surface area (TPSA) is 87.5 Å². The van der Waals surface area contributed by atoms with Crippen LogP contribution in [0.4, 0.5) is 16.2 Å². The summed E-state index contributed by atoms with van der Waals surface area (Å²) in [6, 6.07) is 5.59. The van der Waals surface area contributed by atoms with Crippen LogP contribution in [0.5, 0.6) is 0 Å². The van der Waals surface area contributed by atoms with Crippen molar-refractivity contribution in [3.63, 3.8) is 0 Å². The number of non-ortho nitro benzene ring substituents is 1. The Bertz CT molecular complexity index is 535. The first kappa shape index (κ1) is 16.2. The van der Waals surface area contributed by atoms with E-state index in [0.717, 1.165) is 32.5 Å². The van der Waals surface area contributed by atoms with Crippen molar-refractivity contribution in [2.24, 2.45) is 5.92 Å². The molecule has 7 heteroatoms. The molecule has 0 radical (unpaired) electrons. The molecule has 2 rings (SSSR count). The molecule has 22 heavy (non-hydrogen) atoms. The molecule has 1 unspecified atom stereocenters. The molecule has 2 amide bonds. The van der Waals surface area contributed by atoms with E-state index >= 15 is 0 Å². The lowest BCUT2D eigenvalue weighted by molar-refractivity contribution is -0.384. The molecule has 1 saturated heterocycles. The summed E-state index contributed by atoms with van der Waals surface area (Å²) in [7, 11) is 0. The third-order valence-electron chi connectivity index (χ3n) is 3.78. The van der Waals surface area contributed by atoms with E-state index < -0.39 is 4.92 Å². The van der Waals surface area contributed by atoms with Gasteiger partial charge in [0.15, 0.2) is 0 Å². The van der Waals surface area contributed by atoms with Crippen LogP contribution < -0.4 is 10.6 Å². The molecule has 1 atom stereocenters. The van der Waals surface area contributed by atoms with Crippen molar-refractivity contribution in [1.29, 1.82) is 0 Å². The van der Waals surface area contributed by atoms with E-state index in [-0.39, 0.29) is 11.7 Å². The van der Waals surface area contributed by atoms with Crippen LogP contribution in [0.15, 0.2) is 24.3 Å². The number of nitrogens with one attached hydrogen (secondary N) is 2. The van der Waals surface area contributed by atoms with Gasteiger partial charge in [0.25, 0.3) is 5.69 Å². The van der Waals surface area contributed by atoms with E-state index in [1.54, 1.807) is 12.1 Å². The minimum atomic E-state index is -0.482. The highest BCUT2D eigenvalue weighted by Crippen LogP contribution is 2.17. The second-order valence-electron chi connectivity index (χ2n) is 5.60. The molecule has 1 fully saturated rings. The number of nitro benzene ring substituents is 1. The van der Waals surface area contributed by atoms with Crippen molar-refractivity contribution in [1.82, 2.24) is 10.2 Å². The Morgan fingerprint density at radius 3 is 3.05 bits per heavy atom. The highest BCUT2D eigenvalue weighted by atomic mass is 16.6. The number of rotatable bonds is 6. The monoisotopic (exact) mass is 306 g/mol. The fourth-order valence-electron chi connectivity index (χ4n) is 2.71. The maximum absolute atomic E-state index is 11.9. The molecule has 2 N–H and O–H groups in total. The lowest BCUT2D eigenvalue weighted by atomic mass is 10.1. The summed E-state index contributed by atoms with van der Waals surface area (Å²) in [6.07, 6.45) is 2.24. The number of carbonyl (C=O) groups is 1. The average molecular weight is 306 g/mol. The van der Waals surface area contributed by atoms with Gasteiger partial charge in [0.2, 0.25) is 0 Å². The standard InChI is InChI=1S/C15H22N4O3/c1-2-7-18-8-6-12(11-18)10-16-15(20)17-13-4-3-5-14(9-13)19(21)22/h3-5,9,12H,2,6-8,10-11H2,1H3,(H2,16,17,20). The number of carbonyl (C=O) groups excluding carboxylic acids is 1. The molecule has 1 aromatic carbocycles. The minimum absolute atomic E-state index is 0.0381. The molecule has 0 aliphatic carbocycles. The molecule has 0 aromatic heterocycles. The lowest BCUT2D eigenvalue weighted by Crippen LogP contribution is -2.34. The molecular weight excluding hydrogens is 284 g/mol. The van der Waals surface area contributed by atoms with Crippen LogP contribution in [0.1, 0.15) is 19.8 Å². The third kappa shape index (κ3) is 4.70. The fourth-order valence-corrected chi connectivity index (χ4v) is 2.71. The molecule has 0 saturated carbocycles. The lowest BCUT2D eigenvalue weighted by Gasteiger charge is -2.15. The summed E-state index contributed by atoms with van der Waals surface area (Å²) in [4.78, 5) is 24.5. The molecule has 1 aliphatic rings. The number of benzene rings is 1. The Kier molecular flexibility index (Phi) is 5.71. The largest absolute Gasteiger partial charge is 0.338 e. The zero-order chi connectivity index (χ0) is 15.9. The van der Waals surface area contributed by atoms with Gasteiger partial charge in [-0.1, -0.05) is 13.0 Å². The highest BCUT2D eigenvalue weighted by Gasteiger charge is 2.21. The van der Waals surface area contributed by atoms with Crippen molar-refractivity contribution < 1.29 is 9.72 Å². The smallest absolute Gasteiger partial charge is 0.319 e. The maximum atomic E-state index is 11.9. The van der Waals surface area contributed by atoms with Gasteiger partial charge in [0.05, 0.1) is 4.92 Å². The number of anilines is 1. The van der Waals surface area contributed by atoms with E-state index in [1.807, 2.05) is 0 Å². The van der Waals surface area contributed by atoms with E-state index in [1.165, 1.54) is 12.1 Å². The average Bonchev–Trinajstić information content (AvgIpc) is 2.93. The first-order valence-corrected chi connectivity index (χ1v) is 7.60. The van der Waals surface area contributed by atoms with Crippen molar-refractivity contribution in [2.75, 3.05) is 31.5 Å². The third-order valence-corrected chi connectivity index (χ3v) is 3.78. The van der Waals surface area contributed by atoms with Crippen molar-refractivity contribution in [2.45, 2.75) is 19.8 Å². The molecule has 7 nitrogen and oxygen atoms in total. The number of likely N-dealkylation sites (tertiary alicyclic amines) is 1. The quantitative estimate of drug-likeness (QED) is 0.624. The predicted molar refractivity (Wildman–Crippen MR) is 85.0 cm³/mol.